The second kappa shape index (κ2) is 7.74. The standard InChI is InChI=1S/C18H22N4O3/c1-5-14(23)20-16-12(4)15(18(24)25)17(22-21-16)19-9-13-7-6-10(2)8-11(13)3/h6-8H,5,9H2,1-4H3,(H,19,22)(H,24,25)(H,20,21,23). The van der Waals surface area contributed by atoms with Gasteiger partial charge in [0.1, 0.15) is 5.56 Å². The molecule has 0 spiro atoms. The van der Waals surface area contributed by atoms with Gasteiger partial charge in [-0.2, -0.15) is 0 Å². The molecule has 7 nitrogen and oxygen atoms in total. The van der Waals surface area contributed by atoms with Crippen LogP contribution in [0.1, 0.15) is 46.0 Å². The number of hydrogen-bond donors (Lipinski definition) is 3. The van der Waals surface area contributed by atoms with E-state index < -0.39 is 5.97 Å². The molecule has 1 aromatic carbocycles. The highest BCUT2D eigenvalue weighted by Gasteiger charge is 2.20. The molecule has 0 saturated carbocycles. The predicted octanol–water partition coefficient (Wildman–Crippen LogP) is 3.06. The average Bonchev–Trinajstić information content (AvgIpc) is 2.55. The molecule has 1 heterocycles. The summed E-state index contributed by atoms with van der Waals surface area (Å²) >= 11 is 0. The van der Waals surface area contributed by atoms with Crippen molar-refractivity contribution in [3.63, 3.8) is 0 Å². The summed E-state index contributed by atoms with van der Waals surface area (Å²) in [5.74, 6) is -1.02. The molecule has 25 heavy (non-hydrogen) atoms. The van der Waals surface area contributed by atoms with Gasteiger partial charge in [-0.05, 0) is 31.9 Å². The number of aromatic nitrogens is 2. The summed E-state index contributed by atoms with van der Waals surface area (Å²) in [5, 5.41) is 23.0. The summed E-state index contributed by atoms with van der Waals surface area (Å²) in [7, 11) is 0. The lowest BCUT2D eigenvalue weighted by molar-refractivity contribution is -0.115. The maximum absolute atomic E-state index is 11.7. The molecule has 7 heteroatoms. The van der Waals surface area contributed by atoms with E-state index in [0.717, 1.165) is 11.1 Å². The fourth-order valence-electron chi connectivity index (χ4n) is 2.47. The van der Waals surface area contributed by atoms with Crippen molar-refractivity contribution < 1.29 is 14.7 Å². The predicted molar refractivity (Wildman–Crippen MR) is 95.9 cm³/mol. The fourth-order valence-corrected chi connectivity index (χ4v) is 2.47. The van der Waals surface area contributed by atoms with E-state index in [1.165, 1.54) is 5.56 Å². The van der Waals surface area contributed by atoms with Gasteiger partial charge in [0.15, 0.2) is 11.6 Å². The van der Waals surface area contributed by atoms with E-state index in [1.54, 1.807) is 13.8 Å². The van der Waals surface area contributed by atoms with Gasteiger partial charge < -0.3 is 15.7 Å². The van der Waals surface area contributed by atoms with Crippen LogP contribution in [0.3, 0.4) is 0 Å². The summed E-state index contributed by atoms with van der Waals surface area (Å²) in [6.45, 7) is 7.76. The monoisotopic (exact) mass is 342 g/mol. The number of carbonyl (C=O) groups is 2. The number of aromatic carboxylic acids is 1. The number of aryl methyl sites for hydroxylation is 2. The van der Waals surface area contributed by atoms with E-state index in [2.05, 4.69) is 26.9 Å². The Morgan fingerprint density at radius 3 is 2.40 bits per heavy atom. The summed E-state index contributed by atoms with van der Waals surface area (Å²) in [6.07, 6.45) is 0.274. The molecule has 0 aliphatic heterocycles. The molecular formula is C18H22N4O3. The second-order valence-electron chi connectivity index (χ2n) is 5.89. The van der Waals surface area contributed by atoms with Crippen molar-refractivity contribution in [2.75, 3.05) is 10.6 Å². The van der Waals surface area contributed by atoms with Gasteiger partial charge in [-0.3, -0.25) is 4.79 Å². The fraction of sp³-hybridized carbons (Fsp3) is 0.333. The first-order chi connectivity index (χ1) is 11.8. The number of hydrogen-bond acceptors (Lipinski definition) is 5. The van der Waals surface area contributed by atoms with Gasteiger partial charge in [-0.15, -0.1) is 10.2 Å². The topological polar surface area (TPSA) is 104 Å². The van der Waals surface area contributed by atoms with Crippen LogP contribution in [0.25, 0.3) is 0 Å². The Hall–Kier alpha value is -2.96. The molecular weight excluding hydrogens is 320 g/mol. The lowest BCUT2D eigenvalue weighted by Crippen LogP contribution is -2.17. The summed E-state index contributed by atoms with van der Waals surface area (Å²) < 4.78 is 0. The quantitative estimate of drug-likeness (QED) is 0.745. The maximum Gasteiger partial charge on any atom is 0.339 e. The maximum atomic E-state index is 11.7. The van der Waals surface area contributed by atoms with Crippen LogP contribution in [0.15, 0.2) is 18.2 Å². The zero-order chi connectivity index (χ0) is 18.6. The van der Waals surface area contributed by atoms with Crippen LogP contribution in [-0.2, 0) is 11.3 Å². The van der Waals surface area contributed by atoms with Gasteiger partial charge in [0.25, 0.3) is 0 Å². The van der Waals surface area contributed by atoms with Crippen molar-refractivity contribution in [2.24, 2.45) is 0 Å². The van der Waals surface area contributed by atoms with Crippen molar-refractivity contribution in [3.8, 4) is 0 Å². The molecule has 3 N–H and O–H groups in total. The third kappa shape index (κ3) is 4.32. The largest absolute Gasteiger partial charge is 0.478 e. The number of nitrogens with one attached hydrogen (secondary N) is 2. The zero-order valence-corrected chi connectivity index (χ0v) is 14.8. The number of carboxylic acids is 1. The number of amides is 1. The highest BCUT2D eigenvalue weighted by Crippen LogP contribution is 2.23. The Labute approximate surface area is 146 Å². The average molecular weight is 342 g/mol. The Balaban J connectivity index is 2.29. The molecule has 2 aromatic rings. The van der Waals surface area contributed by atoms with E-state index in [-0.39, 0.29) is 29.5 Å². The Morgan fingerprint density at radius 2 is 1.80 bits per heavy atom. The molecule has 0 saturated heterocycles. The molecule has 0 aliphatic carbocycles. The minimum absolute atomic E-state index is 0.00571. The number of nitrogens with zero attached hydrogens (tertiary/aromatic N) is 2. The molecule has 0 bridgehead atoms. The van der Waals surface area contributed by atoms with Crippen LogP contribution >= 0.6 is 0 Å². The minimum atomic E-state index is -1.12. The molecule has 132 valence electrons. The summed E-state index contributed by atoms with van der Waals surface area (Å²) in [4.78, 5) is 23.2. The second-order valence-corrected chi connectivity index (χ2v) is 5.89. The van der Waals surface area contributed by atoms with Crippen LogP contribution in [0.4, 0.5) is 11.6 Å². The molecule has 0 unspecified atom stereocenters. The van der Waals surface area contributed by atoms with E-state index >= 15 is 0 Å². The van der Waals surface area contributed by atoms with Gasteiger partial charge in [-0.25, -0.2) is 4.79 Å². The Kier molecular flexibility index (Phi) is 5.69. The van der Waals surface area contributed by atoms with Gasteiger partial charge in [-0.1, -0.05) is 30.7 Å². The van der Waals surface area contributed by atoms with Crippen molar-refractivity contribution in [1.29, 1.82) is 0 Å². The molecule has 0 radical (unpaired) electrons. The van der Waals surface area contributed by atoms with Gasteiger partial charge in [0.2, 0.25) is 5.91 Å². The SMILES string of the molecule is CCC(=O)Nc1nnc(NCc2ccc(C)cc2C)c(C(=O)O)c1C. The highest BCUT2D eigenvalue weighted by atomic mass is 16.4. The van der Waals surface area contributed by atoms with Gasteiger partial charge >= 0.3 is 5.97 Å². The smallest absolute Gasteiger partial charge is 0.339 e. The third-order valence-electron chi connectivity index (χ3n) is 3.95. The van der Waals surface area contributed by atoms with E-state index in [1.807, 2.05) is 26.0 Å². The van der Waals surface area contributed by atoms with Crippen molar-refractivity contribution in [1.82, 2.24) is 10.2 Å². The number of anilines is 2. The molecule has 1 aromatic heterocycles. The first kappa shape index (κ1) is 18.4. The van der Waals surface area contributed by atoms with Crippen molar-refractivity contribution >= 4 is 23.5 Å². The van der Waals surface area contributed by atoms with Crippen LogP contribution in [0.2, 0.25) is 0 Å². The molecule has 1 amide bonds. The Bertz CT molecular complexity index is 818. The van der Waals surface area contributed by atoms with Crippen LogP contribution < -0.4 is 10.6 Å². The zero-order valence-electron chi connectivity index (χ0n) is 14.8. The van der Waals surface area contributed by atoms with E-state index in [0.29, 0.717) is 12.1 Å². The van der Waals surface area contributed by atoms with E-state index in [9.17, 15) is 14.7 Å². The molecule has 0 fully saturated rings. The third-order valence-corrected chi connectivity index (χ3v) is 3.95. The number of benzene rings is 1. The van der Waals surface area contributed by atoms with E-state index in [4.69, 9.17) is 0 Å². The number of carboxylic acid groups (broad SMARTS) is 1. The minimum Gasteiger partial charge on any atom is -0.478 e. The first-order valence-electron chi connectivity index (χ1n) is 8.03. The van der Waals surface area contributed by atoms with Crippen LogP contribution in [0.5, 0.6) is 0 Å². The molecule has 0 aliphatic rings. The lowest BCUT2D eigenvalue weighted by atomic mass is 10.1. The summed E-state index contributed by atoms with van der Waals surface area (Å²) in [6, 6.07) is 6.06. The number of carbonyl (C=O) groups excluding carboxylic acids is 1. The van der Waals surface area contributed by atoms with Crippen molar-refractivity contribution in [2.45, 2.75) is 40.7 Å². The lowest BCUT2D eigenvalue weighted by Gasteiger charge is -2.14. The normalized spacial score (nSPS) is 10.4. The summed E-state index contributed by atoms with van der Waals surface area (Å²) in [5.41, 5.74) is 3.70. The van der Waals surface area contributed by atoms with Crippen molar-refractivity contribution in [3.05, 3.63) is 46.0 Å². The Morgan fingerprint density at radius 1 is 1.12 bits per heavy atom. The van der Waals surface area contributed by atoms with Gasteiger partial charge in [0, 0.05) is 18.5 Å². The van der Waals surface area contributed by atoms with Crippen LogP contribution in [-0.4, -0.2) is 27.2 Å². The van der Waals surface area contributed by atoms with Gasteiger partial charge in [0.05, 0.1) is 0 Å². The molecule has 0 atom stereocenters. The highest BCUT2D eigenvalue weighted by molar-refractivity contribution is 5.98. The first-order valence-corrected chi connectivity index (χ1v) is 8.03. The number of rotatable bonds is 6. The molecule has 2 rings (SSSR count). The van der Waals surface area contributed by atoms with Crippen LogP contribution in [0, 0.1) is 20.8 Å².